The van der Waals surface area contributed by atoms with E-state index in [9.17, 15) is 4.79 Å². The van der Waals surface area contributed by atoms with Crippen molar-refractivity contribution >= 4 is 28.6 Å². The zero-order valence-corrected chi connectivity index (χ0v) is 9.90. The Morgan fingerprint density at radius 2 is 2.12 bits per heavy atom. The van der Waals surface area contributed by atoms with E-state index in [0.29, 0.717) is 18.3 Å². The number of benzene rings is 1. The molecule has 0 amide bonds. The van der Waals surface area contributed by atoms with Gasteiger partial charge in [0.2, 0.25) is 0 Å². The second-order valence-corrected chi connectivity index (χ2v) is 4.63. The summed E-state index contributed by atoms with van der Waals surface area (Å²) in [6, 6.07) is 7.77. The maximum Gasteiger partial charge on any atom is 0.404 e. The van der Waals surface area contributed by atoms with Gasteiger partial charge in [-0.15, -0.1) is 0 Å². The van der Waals surface area contributed by atoms with Crippen LogP contribution in [0.25, 0.3) is 11.0 Å². The topological polar surface area (TPSA) is 48.5 Å². The van der Waals surface area contributed by atoms with Gasteiger partial charge >= 0.3 is 5.95 Å². The van der Waals surface area contributed by atoms with E-state index < -0.39 is 0 Å². The number of aromatic nitrogens is 2. The molecule has 1 aromatic heterocycles. The smallest absolute Gasteiger partial charge is 0.255 e. The molecule has 0 fully saturated rings. The molecule has 0 unspecified atom stereocenters. The summed E-state index contributed by atoms with van der Waals surface area (Å²) in [5.74, 6) is 1.04. The number of H-pyrrole nitrogens is 1. The molecule has 4 heteroatoms. The maximum atomic E-state index is 12.1. The van der Waals surface area contributed by atoms with E-state index in [1.54, 1.807) is 4.57 Å². The summed E-state index contributed by atoms with van der Waals surface area (Å²) >= 11 is 0. The molecular formula is C13H14N3O+. The van der Waals surface area contributed by atoms with Gasteiger partial charge in [-0.1, -0.05) is 31.0 Å². The Kier molecular flexibility index (Phi) is 2.11. The standard InChI is InChI=1S/C13H13N3O/c1-8(2)10-7-12(17)16-11-6-4-3-5-9(11)14-13(16)15-10/h3-6,8H,7H2,1-2H3/p+1. The molecule has 17 heavy (non-hydrogen) atoms. The van der Waals surface area contributed by atoms with Crippen LogP contribution in [0.15, 0.2) is 29.3 Å². The van der Waals surface area contributed by atoms with E-state index in [-0.39, 0.29) is 5.91 Å². The Hall–Kier alpha value is -1.97. The lowest BCUT2D eigenvalue weighted by Gasteiger charge is -2.08. The molecule has 0 radical (unpaired) electrons. The van der Waals surface area contributed by atoms with E-state index >= 15 is 0 Å². The highest BCUT2D eigenvalue weighted by Crippen LogP contribution is 2.23. The molecular weight excluding hydrogens is 214 g/mol. The van der Waals surface area contributed by atoms with Crippen LogP contribution in [0, 0.1) is 5.92 Å². The Balaban J connectivity index is 2.28. The number of para-hydroxylation sites is 2. The van der Waals surface area contributed by atoms with Gasteiger partial charge in [-0.25, -0.2) is 4.98 Å². The van der Waals surface area contributed by atoms with Crippen LogP contribution in [0.5, 0.6) is 0 Å². The van der Waals surface area contributed by atoms with Gasteiger partial charge in [-0.2, -0.15) is 4.57 Å². The van der Waals surface area contributed by atoms with Gasteiger partial charge in [0.15, 0.2) is 0 Å². The summed E-state index contributed by atoms with van der Waals surface area (Å²) < 4.78 is 1.67. The highest BCUT2D eigenvalue weighted by atomic mass is 16.2. The number of carbonyl (C=O) groups is 1. The number of carbonyl (C=O) groups excluding carboxylic acids is 1. The maximum absolute atomic E-state index is 12.1. The molecule has 0 spiro atoms. The van der Waals surface area contributed by atoms with Crippen molar-refractivity contribution in [3.05, 3.63) is 24.3 Å². The normalized spacial score (nSPS) is 15.2. The lowest BCUT2D eigenvalue weighted by molar-refractivity contribution is -0.329. The number of fused-ring (bicyclic) bond motifs is 3. The zero-order chi connectivity index (χ0) is 12.0. The molecule has 0 atom stereocenters. The van der Waals surface area contributed by atoms with Crippen molar-refractivity contribution < 1.29 is 9.78 Å². The summed E-state index contributed by atoms with van der Waals surface area (Å²) in [5.41, 5.74) is 2.80. The fourth-order valence-electron chi connectivity index (χ4n) is 2.14. The van der Waals surface area contributed by atoms with Gasteiger partial charge in [-0.3, -0.25) is 4.79 Å². The lowest BCUT2D eigenvalue weighted by Crippen LogP contribution is -2.24. The number of nitrogens with one attached hydrogen (secondary N) is 1. The second kappa shape index (κ2) is 3.52. The van der Waals surface area contributed by atoms with Crippen molar-refractivity contribution in [1.82, 2.24) is 4.57 Å². The van der Waals surface area contributed by atoms with Gasteiger partial charge in [-0.05, 0) is 12.1 Å². The summed E-state index contributed by atoms with van der Waals surface area (Å²) in [5, 5.41) is 0. The molecule has 1 N–H and O–H groups in total. The Morgan fingerprint density at radius 3 is 2.88 bits per heavy atom. The molecule has 1 aliphatic heterocycles. The van der Waals surface area contributed by atoms with Gasteiger partial charge in [0.25, 0.3) is 5.91 Å². The third-order valence-electron chi connectivity index (χ3n) is 3.10. The number of hydrogen-bond donors (Lipinski definition) is 0. The molecule has 2 aromatic rings. The molecule has 2 heterocycles. The van der Waals surface area contributed by atoms with Crippen LogP contribution in [0.2, 0.25) is 0 Å². The highest BCUT2D eigenvalue weighted by molar-refractivity contribution is 6.08. The first kappa shape index (κ1) is 10.2. The van der Waals surface area contributed by atoms with Crippen LogP contribution < -0.4 is 4.98 Å². The quantitative estimate of drug-likeness (QED) is 0.738. The van der Waals surface area contributed by atoms with Crippen molar-refractivity contribution in [2.45, 2.75) is 20.3 Å². The first-order valence-corrected chi connectivity index (χ1v) is 5.80. The number of aromatic amines is 1. The van der Waals surface area contributed by atoms with Crippen LogP contribution in [-0.2, 0) is 0 Å². The molecule has 0 saturated carbocycles. The number of aliphatic imine (C=N–C) groups is 1. The molecule has 0 saturated heterocycles. The summed E-state index contributed by atoms with van der Waals surface area (Å²) in [6.07, 6.45) is 0.414. The lowest BCUT2D eigenvalue weighted by atomic mass is 10.0. The van der Waals surface area contributed by atoms with E-state index in [1.165, 1.54) is 0 Å². The van der Waals surface area contributed by atoms with Gasteiger partial charge < -0.3 is 0 Å². The molecule has 0 aliphatic carbocycles. The third-order valence-corrected chi connectivity index (χ3v) is 3.10. The van der Waals surface area contributed by atoms with E-state index in [4.69, 9.17) is 0 Å². The minimum absolute atomic E-state index is 0.0937. The van der Waals surface area contributed by atoms with Gasteiger partial charge in [0, 0.05) is 5.92 Å². The van der Waals surface area contributed by atoms with Crippen LogP contribution >= 0.6 is 0 Å². The summed E-state index contributed by atoms with van der Waals surface area (Å²) in [6.45, 7) is 4.12. The monoisotopic (exact) mass is 228 g/mol. The van der Waals surface area contributed by atoms with E-state index in [1.807, 2.05) is 24.3 Å². The zero-order valence-electron chi connectivity index (χ0n) is 9.90. The van der Waals surface area contributed by atoms with Crippen LogP contribution in [0.3, 0.4) is 0 Å². The number of hydrogen-bond acceptors (Lipinski definition) is 2. The summed E-state index contributed by atoms with van der Waals surface area (Å²) in [4.78, 5) is 19.9. The van der Waals surface area contributed by atoms with Crippen LogP contribution in [0.4, 0.5) is 5.95 Å². The fourth-order valence-corrected chi connectivity index (χ4v) is 2.14. The molecule has 4 nitrogen and oxygen atoms in total. The molecule has 86 valence electrons. The molecule has 3 rings (SSSR count). The Labute approximate surface area is 99.0 Å². The fraction of sp³-hybridized carbons (Fsp3) is 0.308. The SMILES string of the molecule is CC(C)C1=Nc2[nH+]c3ccccc3n2C(=O)C1. The number of imidazole rings is 1. The van der Waals surface area contributed by atoms with Gasteiger partial charge in [0.05, 0.1) is 6.42 Å². The van der Waals surface area contributed by atoms with Crippen molar-refractivity contribution in [2.24, 2.45) is 10.9 Å². The van der Waals surface area contributed by atoms with E-state index in [2.05, 4.69) is 23.8 Å². The Morgan fingerprint density at radius 1 is 1.35 bits per heavy atom. The summed E-state index contributed by atoms with van der Waals surface area (Å²) in [7, 11) is 0. The average molecular weight is 228 g/mol. The minimum atomic E-state index is 0.0937. The van der Waals surface area contributed by atoms with Crippen LogP contribution in [0.1, 0.15) is 25.1 Å². The largest absolute Gasteiger partial charge is 0.404 e. The van der Waals surface area contributed by atoms with Gasteiger partial charge in [0.1, 0.15) is 16.7 Å². The number of nitrogens with zero attached hydrogens (tertiary/aromatic N) is 2. The Bertz CT molecular complexity index is 637. The molecule has 1 aliphatic rings. The second-order valence-electron chi connectivity index (χ2n) is 4.63. The molecule has 0 bridgehead atoms. The van der Waals surface area contributed by atoms with Crippen LogP contribution in [-0.4, -0.2) is 16.2 Å². The van der Waals surface area contributed by atoms with Crippen molar-refractivity contribution in [1.29, 1.82) is 0 Å². The first-order valence-electron chi connectivity index (χ1n) is 5.80. The van der Waals surface area contributed by atoms with Crippen molar-refractivity contribution in [3.8, 4) is 0 Å². The first-order chi connectivity index (χ1) is 8.16. The minimum Gasteiger partial charge on any atom is -0.255 e. The molecule has 1 aromatic carbocycles. The van der Waals surface area contributed by atoms with Crippen molar-refractivity contribution in [2.75, 3.05) is 0 Å². The third kappa shape index (κ3) is 1.48. The average Bonchev–Trinajstić information content (AvgIpc) is 2.67. The predicted molar refractivity (Wildman–Crippen MR) is 65.7 cm³/mol. The number of rotatable bonds is 1. The van der Waals surface area contributed by atoms with E-state index in [0.717, 1.165) is 16.7 Å². The predicted octanol–water partition coefficient (Wildman–Crippen LogP) is 2.23. The highest BCUT2D eigenvalue weighted by Gasteiger charge is 2.31. The van der Waals surface area contributed by atoms with Crippen molar-refractivity contribution in [3.63, 3.8) is 0 Å².